The summed E-state index contributed by atoms with van der Waals surface area (Å²) < 4.78 is 5.64. The number of carbonyl (C=O) groups is 1. The van der Waals surface area contributed by atoms with Gasteiger partial charge in [-0.15, -0.1) is 0 Å². The van der Waals surface area contributed by atoms with E-state index >= 15 is 0 Å². The Hall–Kier alpha value is -2.33. The minimum Gasteiger partial charge on any atom is -0.481 e. The number of aryl methyl sites for hydroxylation is 1. The zero-order valence-corrected chi connectivity index (χ0v) is 13.1. The van der Waals surface area contributed by atoms with Crippen molar-refractivity contribution in [1.29, 1.82) is 0 Å². The molecule has 4 heteroatoms. The fourth-order valence-electron chi connectivity index (χ4n) is 2.10. The van der Waals surface area contributed by atoms with E-state index in [4.69, 9.17) is 9.84 Å². The monoisotopic (exact) mass is 299 g/mol. The summed E-state index contributed by atoms with van der Waals surface area (Å²) in [6, 6.07) is 12.9. The highest BCUT2D eigenvalue weighted by atomic mass is 16.5. The van der Waals surface area contributed by atoms with E-state index in [9.17, 15) is 4.79 Å². The van der Waals surface area contributed by atoms with E-state index in [-0.39, 0.29) is 12.5 Å². The zero-order chi connectivity index (χ0) is 16.1. The quantitative estimate of drug-likeness (QED) is 0.891. The maximum atomic E-state index is 12.2. The van der Waals surface area contributed by atoms with Crippen LogP contribution in [0.3, 0.4) is 0 Å². The minimum absolute atomic E-state index is 0.0553. The molecule has 0 heterocycles. The van der Waals surface area contributed by atoms with Gasteiger partial charge in [-0.05, 0) is 55.7 Å². The van der Waals surface area contributed by atoms with Gasteiger partial charge in [0.05, 0.1) is 6.61 Å². The Morgan fingerprint density at radius 3 is 2.68 bits per heavy atom. The van der Waals surface area contributed by atoms with E-state index in [0.717, 1.165) is 22.4 Å². The first kappa shape index (κ1) is 16.0. The van der Waals surface area contributed by atoms with E-state index < -0.39 is 6.10 Å². The van der Waals surface area contributed by atoms with Crippen LogP contribution in [-0.4, -0.2) is 17.1 Å². The summed E-state index contributed by atoms with van der Waals surface area (Å²) in [7, 11) is 0. The van der Waals surface area contributed by atoms with Crippen LogP contribution >= 0.6 is 0 Å². The van der Waals surface area contributed by atoms with Crippen molar-refractivity contribution in [3.05, 3.63) is 59.2 Å². The average Bonchev–Trinajstić information content (AvgIpc) is 2.52. The number of nitrogens with one attached hydrogen (secondary N) is 1. The molecule has 2 aromatic carbocycles. The first-order valence-electron chi connectivity index (χ1n) is 7.25. The Kier molecular flexibility index (Phi) is 5.17. The van der Waals surface area contributed by atoms with Crippen molar-refractivity contribution in [3.63, 3.8) is 0 Å². The van der Waals surface area contributed by atoms with Crippen molar-refractivity contribution in [3.8, 4) is 5.75 Å². The number of benzene rings is 2. The summed E-state index contributed by atoms with van der Waals surface area (Å²) in [5.41, 5.74) is 3.72. The first-order chi connectivity index (χ1) is 10.5. The van der Waals surface area contributed by atoms with Gasteiger partial charge in [0.2, 0.25) is 0 Å². The molecule has 2 aromatic rings. The second-order valence-electron chi connectivity index (χ2n) is 5.30. The van der Waals surface area contributed by atoms with Crippen LogP contribution in [0.2, 0.25) is 0 Å². The molecule has 0 saturated heterocycles. The average molecular weight is 299 g/mol. The molecule has 0 bridgehead atoms. The predicted molar refractivity (Wildman–Crippen MR) is 87.0 cm³/mol. The molecule has 0 radical (unpaired) electrons. The fraction of sp³-hybridized carbons (Fsp3) is 0.278. The second kappa shape index (κ2) is 7.09. The highest BCUT2D eigenvalue weighted by molar-refractivity contribution is 5.94. The largest absolute Gasteiger partial charge is 0.481 e. The molecule has 0 spiro atoms. The number of hydrogen-bond donors (Lipinski definition) is 2. The predicted octanol–water partition coefficient (Wildman–Crippen LogP) is 3.20. The number of aliphatic hydroxyl groups excluding tert-OH is 1. The van der Waals surface area contributed by atoms with Gasteiger partial charge in [0.25, 0.3) is 5.91 Å². The standard InChI is InChI=1S/C18H21NO3/c1-12-6-4-9-17(13(12)2)19-18(21)14(3)22-16-8-5-7-15(10-16)11-20/h4-10,14,20H,11H2,1-3H3,(H,19,21). The Labute approximate surface area is 130 Å². The smallest absolute Gasteiger partial charge is 0.265 e. The third-order valence-electron chi connectivity index (χ3n) is 3.63. The molecule has 2 N–H and O–H groups in total. The van der Waals surface area contributed by atoms with Crippen LogP contribution in [0.1, 0.15) is 23.6 Å². The molecule has 0 aromatic heterocycles. The van der Waals surface area contributed by atoms with Gasteiger partial charge in [-0.3, -0.25) is 4.79 Å². The zero-order valence-electron chi connectivity index (χ0n) is 13.1. The Bertz CT molecular complexity index is 667. The molecule has 2 rings (SSSR count). The Morgan fingerprint density at radius 1 is 1.23 bits per heavy atom. The lowest BCUT2D eigenvalue weighted by atomic mass is 10.1. The van der Waals surface area contributed by atoms with E-state index in [1.807, 2.05) is 32.0 Å². The van der Waals surface area contributed by atoms with Gasteiger partial charge in [0, 0.05) is 5.69 Å². The summed E-state index contributed by atoms with van der Waals surface area (Å²) >= 11 is 0. The molecule has 0 saturated carbocycles. The number of ether oxygens (including phenoxy) is 1. The molecule has 0 fully saturated rings. The van der Waals surface area contributed by atoms with E-state index in [2.05, 4.69) is 5.32 Å². The highest BCUT2D eigenvalue weighted by Gasteiger charge is 2.16. The summed E-state index contributed by atoms with van der Waals surface area (Å²) in [6.45, 7) is 5.62. The van der Waals surface area contributed by atoms with Crippen LogP contribution in [0.15, 0.2) is 42.5 Å². The normalized spacial score (nSPS) is 11.8. The Balaban J connectivity index is 2.04. The maximum absolute atomic E-state index is 12.2. The summed E-state index contributed by atoms with van der Waals surface area (Å²) in [6.07, 6.45) is -0.631. The molecule has 4 nitrogen and oxygen atoms in total. The van der Waals surface area contributed by atoms with Crippen molar-refractivity contribution in [1.82, 2.24) is 0 Å². The van der Waals surface area contributed by atoms with Gasteiger partial charge in [-0.1, -0.05) is 24.3 Å². The lowest BCUT2D eigenvalue weighted by Crippen LogP contribution is -2.30. The highest BCUT2D eigenvalue weighted by Crippen LogP contribution is 2.19. The number of carbonyl (C=O) groups excluding carboxylic acids is 1. The third-order valence-corrected chi connectivity index (χ3v) is 3.63. The number of hydrogen-bond acceptors (Lipinski definition) is 3. The molecule has 1 unspecified atom stereocenters. The Morgan fingerprint density at radius 2 is 1.95 bits per heavy atom. The molecular weight excluding hydrogens is 278 g/mol. The molecule has 1 amide bonds. The van der Waals surface area contributed by atoms with Crippen LogP contribution in [-0.2, 0) is 11.4 Å². The van der Waals surface area contributed by atoms with Crippen LogP contribution in [0.25, 0.3) is 0 Å². The number of aliphatic hydroxyl groups is 1. The van der Waals surface area contributed by atoms with E-state index in [0.29, 0.717) is 5.75 Å². The minimum atomic E-state index is -0.631. The van der Waals surface area contributed by atoms with Crippen molar-refractivity contribution in [2.75, 3.05) is 5.32 Å². The summed E-state index contributed by atoms with van der Waals surface area (Å²) in [4.78, 5) is 12.2. The van der Waals surface area contributed by atoms with Gasteiger partial charge >= 0.3 is 0 Å². The van der Waals surface area contributed by atoms with Crippen molar-refractivity contribution < 1.29 is 14.6 Å². The molecule has 22 heavy (non-hydrogen) atoms. The maximum Gasteiger partial charge on any atom is 0.265 e. The van der Waals surface area contributed by atoms with Gasteiger partial charge in [-0.25, -0.2) is 0 Å². The molecule has 0 aliphatic rings. The van der Waals surface area contributed by atoms with Crippen molar-refractivity contribution in [2.45, 2.75) is 33.5 Å². The number of anilines is 1. The van der Waals surface area contributed by atoms with E-state index in [1.165, 1.54) is 0 Å². The van der Waals surface area contributed by atoms with Gasteiger partial charge in [0.1, 0.15) is 5.75 Å². The molecule has 116 valence electrons. The van der Waals surface area contributed by atoms with Crippen molar-refractivity contribution >= 4 is 11.6 Å². The number of rotatable bonds is 5. The lowest BCUT2D eigenvalue weighted by molar-refractivity contribution is -0.122. The molecule has 0 aliphatic carbocycles. The van der Waals surface area contributed by atoms with Crippen molar-refractivity contribution in [2.24, 2.45) is 0 Å². The van der Waals surface area contributed by atoms with Crippen LogP contribution in [0.5, 0.6) is 5.75 Å². The van der Waals surface area contributed by atoms with Gasteiger partial charge < -0.3 is 15.2 Å². The lowest BCUT2D eigenvalue weighted by Gasteiger charge is -2.16. The summed E-state index contributed by atoms with van der Waals surface area (Å²) in [5.74, 6) is 0.360. The second-order valence-corrected chi connectivity index (χ2v) is 5.30. The van der Waals surface area contributed by atoms with Crippen LogP contribution in [0.4, 0.5) is 5.69 Å². The topological polar surface area (TPSA) is 58.6 Å². The van der Waals surface area contributed by atoms with E-state index in [1.54, 1.807) is 31.2 Å². The van der Waals surface area contributed by atoms with Crippen LogP contribution < -0.4 is 10.1 Å². The SMILES string of the molecule is Cc1cccc(NC(=O)C(C)Oc2cccc(CO)c2)c1C. The molecule has 0 aliphatic heterocycles. The molecule has 1 atom stereocenters. The fourth-order valence-corrected chi connectivity index (χ4v) is 2.10. The van der Waals surface area contributed by atoms with Crippen LogP contribution in [0, 0.1) is 13.8 Å². The van der Waals surface area contributed by atoms with Gasteiger partial charge in [0.15, 0.2) is 6.10 Å². The third kappa shape index (κ3) is 3.86. The summed E-state index contributed by atoms with van der Waals surface area (Å²) in [5, 5.41) is 12.0. The van der Waals surface area contributed by atoms with Gasteiger partial charge in [-0.2, -0.15) is 0 Å². The first-order valence-corrected chi connectivity index (χ1v) is 7.25. The molecular formula is C18H21NO3. The number of amides is 1.